The molecule has 2 aromatic carbocycles. The Morgan fingerprint density at radius 3 is 2.75 bits per heavy atom. The normalized spacial score (nSPS) is 10.8. The van der Waals surface area contributed by atoms with Crippen molar-refractivity contribution in [1.29, 1.82) is 0 Å². The number of aromatic amines is 1. The Balaban J connectivity index is 1.77. The first-order valence-corrected chi connectivity index (χ1v) is 7.49. The van der Waals surface area contributed by atoms with Crippen LogP contribution in [-0.4, -0.2) is 15.9 Å². The Hall–Kier alpha value is -3.47. The van der Waals surface area contributed by atoms with E-state index in [1.54, 1.807) is 30.5 Å². The second kappa shape index (κ2) is 5.62. The molecule has 116 valence electrons. The Bertz CT molecular complexity index is 1130. The molecule has 0 aliphatic heterocycles. The predicted molar refractivity (Wildman–Crippen MR) is 94.3 cm³/mol. The number of nitrogens with zero attached hydrogens (tertiary/aromatic N) is 1. The number of nitrogens with one attached hydrogen (secondary N) is 2. The smallest absolute Gasteiger partial charge is 0.261 e. The first kappa shape index (κ1) is 14.1. The number of H-pyrrole nitrogens is 1. The molecule has 0 radical (unpaired) electrons. The average Bonchev–Trinajstić information content (AvgIpc) is 2.62. The van der Waals surface area contributed by atoms with Crippen molar-refractivity contribution in [3.8, 4) is 0 Å². The van der Waals surface area contributed by atoms with Gasteiger partial charge in [0.05, 0.1) is 11.2 Å². The van der Waals surface area contributed by atoms with Crippen molar-refractivity contribution in [1.82, 2.24) is 9.97 Å². The van der Waals surface area contributed by atoms with Gasteiger partial charge in [0, 0.05) is 28.7 Å². The predicted octanol–water partition coefficient (Wildman–Crippen LogP) is 3.33. The third kappa shape index (κ3) is 2.32. The minimum Gasteiger partial charge on any atom is -0.360 e. The number of amides is 1. The molecular weight excluding hydrogens is 302 g/mol. The minimum absolute atomic E-state index is 0.0710. The van der Waals surface area contributed by atoms with Crippen molar-refractivity contribution in [2.45, 2.75) is 0 Å². The quantitative estimate of drug-likeness (QED) is 0.596. The molecule has 0 aliphatic rings. The van der Waals surface area contributed by atoms with Gasteiger partial charge in [0.25, 0.3) is 5.91 Å². The molecule has 5 nitrogen and oxygen atoms in total. The van der Waals surface area contributed by atoms with Gasteiger partial charge in [-0.15, -0.1) is 0 Å². The summed E-state index contributed by atoms with van der Waals surface area (Å²) in [5.41, 5.74) is 1.73. The average molecular weight is 315 g/mol. The highest BCUT2D eigenvalue weighted by Crippen LogP contribution is 2.21. The van der Waals surface area contributed by atoms with E-state index in [2.05, 4.69) is 15.3 Å². The molecule has 2 N–H and O–H groups in total. The second-order valence-electron chi connectivity index (χ2n) is 5.41. The zero-order chi connectivity index (χ0) is 16.5. The minimum atomic E-state index is -0.458. The van der Waals surface area contributed by atoms with Crippen LogP contribution in [0.25, 0.3) is 21.8 Å². The summed E-state index contributed by atoms with van der Waals surface area (Å²) in [6.45, 7) is 0. The highest BCUT2D eigenvalue weighted by atomic mass is 16.2. The van der Waals surface area contributed by atoms with Gasteiger partial charge in [-0.05, 0) is 24.3 Å². The molecular formula is C19H13N3O2. The van der Waals surface area contributed by atoms with Gasteiger partial charge < -0.3 is 10.3 Å². The summed E-state index contributed by atoms with van der Waals surface area (Å²) in [6, 6.07) is 16.4. The second-order valence-corrected chi connectivity index (χ2v) is 5.41. The van der Waals surface area contributed by atoms with Gasteiger partial charge in [0.1, 0.15) is 5.56 Å². The largest absolute Gasteiger partial charge is 0.360 e. The fourth-order valence-electron chi connectivity index (χ4n) is 2.73. The number of rotatable bonds is 2. The number of carbonyl (C=O) groups is 1. The van der Waals surface area contributed by atoms with Crippen LogP contribution in [0.15, 0.2) is 71.8 Å². The summed E-state index contributed by atoms with van der Waals surface area (Å²) in [5, 5.41) is 4.19. The van der Waals surface area contributed by atoms with Crippen LogP contribution in [0.1, 0.15) is 10.4 Å². The van der Waals surface area contributed by atoms with Crippen molar-refractivity contribution in [3.63, 3.8) is 0 Å². The lowest BCUT2D eigenvalue weighted by Gasteiger charge is -2.08. The molecule has 2 heterocycles. The van der Waals surface area contributed by atoms with Gasteiger partial charge in [-0.25, -0.2) is 0 Å². The number of para-hydroxylation sites is 2. The molecule has 5 heteroatoms. The van der Waals surface area contributed by atoms with E-state index in [0.717, 1.165) is 5.39 Å². The summed E-state index contributed by atoms with van der Waals surface area (Å²) in [6.07, 6.45) is 3.11. The number of aromatic nitrogens is 2. The number of hydrogen-bond acceptors (Lipinski definition) is 3. The van der Waals surface area contributed by atoms with E-state index in [9.17, 15) is 9.59 Å². The zero-order valence-corrected chi connectivity index (χ0v) is 12.6. The van der Waals surface area contributed by atoms with Gasteiger partial charge >= 0.3 is 0 Å². The molecule has 0 saturated heterocycles. The van der Waals surface area contributed by atoms with Crippen LogP contribution in [0.4, 0.5) is 5.69 Å². The molecule has 0 atom stereocenters. The molecule has 0 unspecified atom stereocenters. The molecule has 0 bridgehead atoms. The molecule has 0 saturated carbocycles. The number of anilines is 1. The van der Waals surface area contributed by atoms with Crippen molar-refractivity contribution >= 4 is 33.4 Å². The van der Waals surface area contributed by atoms with E-state index in [4.69, 9.17) is 0 Å². The maximum absolute atomic E-state index is 12.6. The van der Waals surface area contributed by atoms with E-state index in [1.807, 2.05) is 30.3 Å². The van der Waals surface area contributed by atoms with Crippen LogP contribution in [0.5, 0.6) is 0 Å². The maximum atomic E-state index is 12.6. The van der Waals surface area contributed by atoms with Gasteiger partial charge in [-0.3, -0.25) is 14.6 Å². The van der Waals surface area contributed by atoms with Crippen molar-refractivity contribution in [3.05, 3.63) is 82.8 Å². The third-order valence-corrected chi connectivity index (χ3v) is 3.91. The lowest BCUT2D eigenvalue weighted by Crippen LogP contribution is -2.22. The van der Waals surface area contributed by atoms with Crippen molar-refractivity contribution in [2.75, 3.05) is 5.32 Å². The topological polar surface area (TPSA) is 74.8 Å². The third-order valence-electron chi connectivity index (χ3n) is 3.91. The van der Waals surface area contributed by atoms with Gasteiger partial charge in [0.2, 0.25) is 5.43 Å². The fourth-order valence-corrected chi connectivity index (χ4v) is 2.73. The number of carbonyl (C=O) groups excluding carboxylic acids is 1. The summed E-state index contributed by atoms with van der Waals surface area (Å²) in [7, 11) is 0. The first-order chi connectivity index (χ1) is 11.7. The molecule has 0 spiro atoms. The molecule has 2 aromatic heterocycles. The van der Waals surface area contributed by atoms with Crippen LogP contribution >= 0.6 is 0 Å². The Kier molecular flexibility index (Phi) is 3.31. The number of pyridine rings is 2. The van der Waals surface area contributed by atoms with Crippen molar-refractivity contribution < 1.29 is 4.79 Å². The maximum Gasteiger partial charge on any atom is 0.261 e. The lowest BCUT2D eigenvalue weighted by atomic mass is 10.1. The SMILES string of the molecule is O=C(Nc1cccc2cccnc12)c1c[nH]c2ccccc2c1=O. The number of hydrogen-bond donors (Lipinski definition) is 2. The van der Waals surface area contributed by atoms with E-state index >= 15 is 0 Å². The Morgan fingerprint density at radius 1 is 1.00 bits per heavy atom. The number of fused-ring (bicyclic) bond motifs is 2. The highest BCUT2D eigenvalue weighted by molar-refractivity contribution is 6.09. The van der Waals surface area contributed by atoms with Crippen LogP contribution < -0.4 is 10.7 Å². The molecule has 24 heavy (non-hydrogen) atoms. The van der Waals surface area contributed by atoms with Gasteiger partial charge in [-0.1, -0.05) is 30.3 Å². The summed E-state index contributed by atoms with van der Waals surface area (Å²) >= 11 is 0. The summed E-state index contributed by atoms with van der Waals surface area (Å²) < 4.78 is 0. The first-order valence-electron chi connectivity index (χ1n) is 7.49. The number of benzene rings is 2. The monoisotopic (exact) mass is 315 g/mol. The van der Waals surface area contributed by atoms with E-state index in [1.165, 1.54) is 6.20 Å². The van der Waals surface area contributed by atoms with E-state index in [-0.39, 0.29) is 11.0 Å². The van der Waals surface area contributed by atoms with E-state index in [0.29, 0.717) is 22.1 Å². The van der Waals surface area contributed by atoms with Crippen LogP contribution in [0, 0.1) is 0 Å². The highest BCUT2D eigenvalue weighted by Gasteiger charge is 2.14. The Morgan fingerprint density at radius 2 is 1.83 bits per heavy atom. The zero-order valence-electron chi connectivity index (χ0n) is 12.6. The molecule has 4 rings (SSSR count). The van der Waals surface area contributed by atoms with Crippen molar-refractivity contribution in [2.24, 2.45) is 0 Å². The van der Waals surface area contributed by atoms with Crippen LogP contribution in [-0.2, 0) is 0 Å². The molecule has 0 fully saturated rings. The van der Waals surface area contributed by atoms with Crippen LogP contribution in [0.3, 0.4) is 0 Å². The van der Waals surface area contributed by atoms with E-state index < -0.39 is 5.91 Å². The Labute approximate surface area is 137 Å². The summed E-state index contributed by atoms with van der Waals surface area (Å²) in [4.78, 5) is 32.4. The standard InChI is InChI=1S/C19H13N3O2/c23-18-13-7-1-2-8-15(13)21-11-14(18)19(24)22-16-9-3-5-12-6-4-10-20-17(12)16/h1-11H,(H,21,23)(H,22,24). The van der Waals surface area contributed by atoms with Gasteiger partial charge in [0.15, 0.2) is 0 Å². The fraction of sp³-hybridized carbons (Fsp3) is 0. The molecule has 4 aromatic rings. The van der Waals surface area contributed by atoms with Gasteiger partial charge in [-0.2, -0.15) is 0 Å². The molecule has 1 amide bonds. The molecule has 0 aliphatic carbocycles. The van der Waals surface area contributed by atoms with Crippen LogP contribution in [0.2, 0.25) is 0 Å². The summed E-state index contributed by atoms with van der Waals surface area (Å²) in [5.74, 6) is -0.458. The lowest BCUT2D eigenvalue weighted by molar-refractivity contribution is 0.102.